The maximum Gasteiger partial charge on any atom is 0.323 e. The van der Waals surface area contributed by atoms with Crippen molar-refractivity contribution in [2.24, 2.45) is 5.92 Å². The first-order valence-corrected chi connectivity index (χ1v) is 9.46. The van der Waals surface area contributed by atoms with Crippen LogP contribution in [0.25, 0.3) is 0 Å². The summed E-state index contributed by atoms with van der Waals surface area (Å²) in [6.07, 6.45) is 5.50. The summed E-state index contributed by atoms with van der Waals surface area (Å²) in [5, 5.41) is 2.86. The van der Waals surface area contributed by atoms with E-state index in [1.54, 1.807) is 0 Å². The molecule has 1 aliphatic heterocycles. The number of anilines is 1. The molecule has 142 valence electrons. The number of rotatable bonds is 5. The summed E-state index contributed by atoms with van der Waals surface area (Å²) < 4.78 is 18.8. The normalized spacial score (nSPS) is 25.6. The smallest absolute Gasteiger partial charge is 0.323 e. The average Bonchev–Trinajstić information content (AvgIpc) is 3.00. The molecule has 1 aliphatic carbocycles. The lowest BCUT2D eigenvalue weighted by Gasteiger charge is -2.33. The van der Waals surface area contributed by atoms with Gasteiger partial charge in [0.2, 0.25) is 5.91 Å². The van der Waals surface area contributed by atoms with E-state index in [0.717, 1.165) is 31.7 Å². The molecule has 1 heterocycles. The molecule has 2 aliphatic rings. The maximum absolute atomic E-state index is 13.8. The van der Waals surface area contributed by atoms with Crippen molar-refractivity contribution in [2.75, 3.05) is 19.0 Å². The van der Waals surface area contributed by atoms with Crippen molar-refractivity contribution >= 4 is 29.2 Å². The number of ether oxygens (including phenoxy) is 1. The predicted molar refractivity (Wildman–Crippen MR) is 97.5 cm³/mol. The first-order valence-electron chi connectivity index (χ1n) is 9.08. The van der Waals surface area contributed by atoms with Crippen LogP contribution in [0.4, 0.5) is 10.1 Å². The Morgan fingerprint density at radius 2 is 2.12 bits per heavy atom. The maximum atomic E-state index is 13.8. The van der Waals surface area contributed by atoms with E-state index in [-0.39, 0.29) is 35.0 Å². The predicted octanol–water partition coefficient (Wildman–Crippen LogP) is 3.61. The van der Waals surface area contributed by atoms with Gasteiger partial charge in [0, 0.05) is 24.0 Å². The molecule has 3 rings (SSSR count). The highest BCUT2D eigenvalue weighted by atomic mass is 35.5. The molecule has 26 heavy (non-hydrogen) atoms. The van der Waals surface area contributed by atoms with Gasteiger partial charge in [-0.2, -0.15) is 0 Å². The Bertz CT molecular complexity index is 685. The second-order valence-corrected chi connectivity index (χ2v) is 7.48. The van der Waals surface area contributed by atoms with Gasteiger partial charge in [0.1, 0.15) is 11.9 Å². The van der Waals surface area contributed by atoms with Crippen molar-refractivity contribution < 1.29 is 18.7 Å². The quantitative estimate of drug-likeness (QED) is 0.790. The van der Waals surface area contributed by atoms with Gasteiger partial charge in [-0.3, -0.25) is 14.5 Å². The van der Waals surface area contributed by atoms with Crippen LogP contribution >= 0.6 is 11.6 Å². The molecule has 2 fully saturated rings. The highest BCUT2D eigenvalue weighted by Gasteiger charge is 2.45. The summed E-state index contributed by atoms with van der Waals surface area (Å²) in [6.45, 7) is 0.460. The Balaban J connectivity index is 1.62. The Morgan fingerprint density at radius 3 is 2.85 bits per heavy atom. The number of carbonyl (C=O) groups is 2. The molecule has 7 heteroatoms. The molecule has 0 bridgehead atoms. The van der Waals surface area contributed by atoms with Gasteiger partial charge in [0.25, 0.3) is 0 Å². The van der Waals surface area contributed by atoms with Crippen LogP contribution in [0.5, 0.6) is 0 Å². The fourth-order valence-corrected chi connectivity index (χ4v) is 4.44. The molecule has 5 nitrogen and oxygen atoms in total. The summed E-state index contributed by atoms with van der Waals surface area (Å²) in [5.74, 6) is -0.589. The third kappa shape index (κ3) is 4.18. The second kappa shape index (κ2) is 8.35. The number of nitrogens with one attached hydrogen (secondary N) is 1. The lowest BCUT2D eigenvalue weighted by atomic mass is 9.85. The third-order valence-electron chi connectivity index (χ3n) is 5.50. The van der Waals surface area contributed by atoms with Gasteiger partial charge in [-0.1, -0.05) is 24.4 Å². The van der Waals surface area contributed by atoms with Crippen LogP contribution in [-0.4, -0.2) is 42.5 Å². The minimum absolute atomic E-state index is 0.112. The summed E-state index contributed by atoms with van der Waals surface area (Å²) in [7, 11) is 1.40. The lowest BCUT2D eigenvalue weighted by molar-refractivity contribution is -0.146. The van der Waals surface area contributed by atoms with E-state index in [1.165, 1.54) is 25.7 Å². The number of benzene rings is 1. The number of nitrogens with zero attached hydrogens (tertiary/aromatic N) is 1. The Morgan fingerprint density at radius 1 is 1.35 bits per heavy atom. The Kier molecular flexibility index (Phi) is 6.14. The molecule has 1 saturated carbocycles. The number of halogens is 2. The number of hydrogen-bond acceptors (Lipinski definition) is 4. The standard InChI is InChI=1S/C19H24ClFN2O3/c1-26-19(25)17-10-12-4-2-3-5-16(12)23(17)9-8-18(24)22-15-7-6-13(20)11-14(15)21/h6-7,11-12,16-17H,2-5,8-10H2,1H3,(H,22,24). The highest BCUT2D eigenvalue weighted by molar-refractivity contribution is 6.30. The zero-order chi connectivity index (χ0) is 18.7. The topological polar surface area (TPSA) is 58.6 Å². The van der Waals surface area contributed by atoms with Crippen molar-refractivity contribution in [2.45, 2.75) is 50.6 Å². The summed E-state index contributed by atoms with van der Waals surface area (Å²) in [5.41, 5.74) is 0.112. The monoisotopic (exact) mass is 382 g/mol. The summed E-state index contributed by atoms with van der Waals surface area (Å²) in [6, 6.07) is 4.18. The molecule has 1 aromatic rings. The van der Waals surface area contributed by atoms with Gasteiger partial charge in [0.05, 0.1) is 12.8 Å². The Hall–Kier alpha value is -1.66. The Labute approximate surface area is 157 Å². The summed E-state index contributed by atoms with van der Waals surface area (Å²) >= 11 is 5.72. The van der Waals surface area contributed by atoms with Crippen LogP contribution in [0, 0.1) is 11.7 Å². The minimum Gasteiger partial charge on any atom is -0.468 e. The molecule has 0 aromatic heterocycles. The molecule has 0 radical (unpaired) electrons. The molecule has 3 unspecified atom stereocenters. The molecule has 1 saturated heterocycles. The first kappa shape index (κ1) is 19.1. The van der Waals surface area contributed by atoms with Crippen LogP contribution in [0.1, 0.15) is 38.5 Å². The highest BCUT2D eigenvalue weighted by Crippen LogP contribution is 2.40. The van der Waals surface area contributed by atoms with E-state index in [9.17, 15) is 14.0 Å². The van der Waals surface area contributed by atoms with Gasteiger partial charge in [0.15, 0.2) is 0 Å². The van der Waals surface area contributed by atoms with Crippen molar-refractivity contribution in [3.63, 3.8) is 0 Å². The van der Waals surface area contributed by atoms with Crippen molar-refractivity contribution in [1.82, 2.24) is 4.90 Å². The van der Waals surface area contributed by atoms with Crippen molar-refractivity contribution in [3.8, 4) is 0 Å². The van der Waals surface area contributed by atoms with E-state index in [0.29, 0.717) is 18.5 Å². The van der Waals surface area contributed by atoms with Gasteiger partial charge in [-0.05, 0) is 43.4 Å². The van der Waals surface area contributed by atoms with Crippen LogP contribution in [0.3, 0.4) is 0 Å². The molecule has 1 amide bonds. The number of hydrogen-bond donors (Lipinski definition) is 1. The molecule has 0 spiro atoms. The molecular formula is C19H24ClFN2O3. The molecule has 1 aromatic carbocycles. The van der Waals surface area contributed by atoms with Gasteiger partial charge in [-0.15, -0.1) is 0 Å². The fraction of sp³-hybridized carbons (Fsp3) is 0.579. The van der Waals surface area contributed by atoms with Crippen LogP contribution < -0.4 is 5.32 Å². The van der Waals surface area contributed by atoms with Gasteiger partial charge >= 0.3 is 5.97 Å². The molecule has 1 N–H and O–H groups in total. The van der Waals surface area contributed by atoms with Gasteiger partial charge in [-0.25, -0.2) is 4.39 Å². The van der Waals surface area contributed by atoms with Crippen LogP contribution in [-0.2, 0) is 14.3 Å². The average molecular weight is 383 g/mol. The number of amides is 1. The number of methoxy groups -OCH3 is 1. The summed E-state index contributed by atoms with van der Waals surface area (Å²) in [4.78, 5) is 26.5. The van der Waals surface area contributed by atoms with E-state index in [1.807, 2.05) is 0 Å². The number of carbonyl (C=O) groups excluding carboxylic acids is 2. The van der Waals surface area contributed by atoms with E-state index in [4.69, 9.17) is 16.3 Å². The van der Waals surface area contributed by atoms with Gasteiger partial charge < -0.3 is 10.1 Å². The van der Waals surface area contributed by atoms with Crippen LogP contribution in [0.2, 0.25) is 5.02 Å². The van der Waals surface area contributed by atoms with Crippen LogP contribution in [0.15, 0.2) is 18.2 Å². The number of esters is 1. The number of fused-ring (bicyclic) bond motifs is 1. The largest absolute Gasteiger partial charge is 0.468 e. The van der Waals surface area contributed by atoms with Crippen molar-refractivity contribution in [1.29, 1.82) is 0 Å². The third-order valence-corrected chi connectivity index (χ3v) is 5.73. The van der Waals surface area contributed by atoms with E-state index >= 15 is 0 Å². The fourth-order valence-electron chi connectivity index (χ4n) is 4.28. The zero-order valence-electron chi connectivity index (χ0n) is 14.8. The number of likely N-dealkylation sites (tertiary alicyclic amines) is 1. The zero-order valence-corrected chi connectivity index (χ0v) is 15.6. The van der Waals surface area contributed by atoms with Crippen molar-refractivity contribution in [3.05, 3.63) is 29.0 Å². The van der Waals surface area contributed by atoms with E-state index in [2.05, 4.69) is 10.2 Å². The minimum atomic E-state index is -0.563. The lowest BCUT2D eigenvalue weighted by Crippen LogP contribution is -2.44. The first-order chi connectivity index (χ1) is 12.5. The molecular weight excluding hydrogens is 359 g/mol. The second-order valence-electron chi connectivity index (χ2n) is 7.05. The molecule has 3 atom stereocenters. The van der Waals surface area contributed by atoms with E-state index < -0.39 is 5.82 Å². The SMILES string of the molecule is COC(=O)C1CC2CCCCC2N1CCC(=O)Nc1ccc(Cl)cc1F.